The van der Waals surface area contributed by atoms with Crippen LogP contribution in [-0.2, 0) is 11.2 Å². The predicted octanol–water partition coefficient (Wildman–Crippen LogP) is 1.85. The fraction of sp³-hybridized carbons (Fsp3) is 0.333. The summed E-state index contributed by atoms with van der Waals surface area (Å²) in [6, 6.07) is 10.1. The lowest BCUT2D eigenvalue weighted by molar-refractivity contribution is -0.123. The second-order valence-corrected chi connectivity index (χ2v) is 7.50. The number of rotatable bonds is 9. The van der Waals surface area contributed by atoms with E-state index in [1.807, 2.05) is 13.8 Å². The number of carbonyl (C=O) groups excluding carboxylic acids is 2. The van der Waals surface area contributed by atoms with Crippen molar-refractivity contribution < 1.29 is 28.4 Å². The van der Waals surface area contributed by atoms with Gasteiger partial charge in [0.2, 0.25) is 5.91 Å². The molecule has 9 heteroatoms. The molecule has 30 heavy (non-hydrogen) atoms. The summed E-state index contributed by atoms with van der Waals surface area (Å²) >= 11 is 0. The maximum atomic E-state index is 14.0. The molecule has 2 aromatic rings. The fourth-order valence-electron chi connectivity index (χ4n) is 3.01. The molecule has 0 aliphatic heterocycles. The molecule has 0 radical (unpaired) electrons. The molecule has 0 bridgehead atoms. The van der Waals surface area contributed by atoms with Crippen molar-refractivity contribution in [3.63, 3.8) is 0 Å². The zero-order valence-electron chi connectivity index (χ0n) is 16.8. The smallest absolute Gasteiger partial charge is 0.426 e. The first-order valence-electron chi connectivity index (χ1n) is 9.63. The molecule has 2 atom stereocenters. The number of benzene rings is 2. The van der Waals surface area contributed by atoms with Gasteiger partial charge < -0.3 is 20.7 Å². The molecule has 0 fully saturated rings. The summed E-state index contributed by atoms with van der Waals surface area (Å²) < 4.78 is 27.4. The molecule has 0 spiro atoms. The third-order valence-electron chi connectivity index (χ3n) is 4.49. The molecule has 0 aliphatic carbocycles. The van der Waals surface area contributed by atoms with Crippen molar-refractivity contribution in [2.75, 3.05) is 0 Å². The lowest BCUT2D eigenvalue weighted by atomic mass is 9.75. The van der Waals surface area contributed by atoms with E-state index in [1.165, 1.54) is 0 Å². The highest BCUT2D eigenvalue weighted by atomic mass is 19.1. The van der Waals surface area contributed by atoms with Crippen LogP contribution in [0.1, 0.15) is 36.2 Å². The second kappa shape index (κ2) is 10.8. The van der Waals surface area contributed by atoms with Gasteiger partial charge in [0.1, 0.15) is 17.7 Å². The van der Waals surface area contributed by atoms with Crippen molar-refractivity contribution in [1.29, 1.82) is 0 Å². The Morgan fingerprint density at radius 1 is 1.03 bits per heavy atom. The largest absolute Gasteiger partial charge is 0.475 e. The van der Waals surface area contributed by atoms with E-state index in [0.717, 1.165) is 23.8 Å². The number of halogens is 2. The summed E-state index contributed by atoms with van der Waals surface area (Å²) in [5, 5.41) is 24.1. The summed E-state index contributed by atoms with van der Waals surface area (Å²) in [6.45, 7) is 3.72. The van der Waals surface area contributed by atoms with Gasteiger partial charge in [-0.3, -0.25) is 9.59 Å². The number of carbonyl (C=O) groups is 2. The topological polar surface area (TPSA) is 98.7 Å². The molecular formula is C21H25BF2N2O4. The number of amides is 2. The molecule has 6 nitrogen and oxygen atoms in total. The van der Waals surface area contributed by atoms with E-state index in [-0.39, 0.29) is 12.3 Å². The van der Waals surface area contributed by atoms with Gasteiger partial charge in [-0.25, -0.2) is 8.78 Å². The highest BCUT2D eigenvalue weighted by Gasteiger charge is 2.30. The Bertz CT molecular complexity index is 865. The fourth-order valence-corrected chi connectivity index (χ4v) is 3.01. The maximum Gasteiger partial charge on any atom is 0.475 e. The van der Waals surface area contributed by atoms with Gasteiger partial charge >= 0.3 is 7.12 Å². The van der Waals surface area contributed by atoms with E-state index in [2.05, 4.69) is 10.6 Å². The first-order chi connectivity index (χ1) is 14.2. The molecule has 0 aromatic heterocycles. The van der Waals surface area contributed by atoms with Crippen LogP contribution in [0.15, 0.2) is 48.5 Å². The third kappa shape index (κ3) is 6.93. The summed E-state index contributed by atoms with van der Waals surface area (Å²) in [4.78, 5) is 25.4. The minimum absolute atomic E-state index is 0.0701. The highest BCUT2D eigenvalue weighted by molar-refractivity contribution is 6.43. The molecule has 2 aromatic carbocycles. The zero-order valence-corrected chi connectivity index (χ0v) is 16.8. The molecule has 0 saturated heterocycles. The van der Waals surface area contributed by atoms with Gasteiger partial charge in [-0.15, -0.1) is 0 Å². The lowest BCUT2D eigenvalue weighted by Crippen LogP contribution is -2.55. The van der Waals surface area contributed by atoms with Crippen LogP contribution in [0.3, 0.4) is 0 Å². The molecule has 2 amide bonds. The molecule has 0 saturated carbocycles. The van der Waals surface area contributed by atoms with Crippen LogP contribution in [0.25, 0.3) is 0 Å². The molecule has 0 unspecified atom stereocenters. The van der Waals surface area contributed by atoms with Crippen LogP contribution in [0, 0.1) is 17.6 Å². The monoisotopic (exact) mass is 418 g/mol. The van der Waals surface area contributed by atoms with Crippen molar-refractivity contribution >= 4 is 18.9 Å². The molecular weight excluding hydrogens is 393 g/mol. The Hall–Kier alpha value is -2.78. The first-order valence-corrected chi connectivity index (χ1v) is 9.63. The van der Waals surface area contributed by atoms with Gasteiger partial charge in [0.05, 0.1) is 11.5 Å². The predicted molar refractivity (Wildman–Crippen MR) is 109 cm³/mol. The SMILES string of the molecule is CC(C)C[C@H](NC(=O)[C@H](Cc1ccccc1)NC(=O)c1cc(F)ccc1F)B(O)O. The van der Waals surface area contributed by atoms with E-state index in [4.69, 9.17) is 0 Å². The first kappa shape index (κ1) is 23.5. The summed E-state index contributed by atoms with van der Waals surface area (Å²) in [6.07, 6.45) is 0.374. The van der Waals surface area contributed by atoms with Crippen LogP contribution >= 0.6 is 0 Å². The number of nitrogens with one attached hydrogen (secondary N) is 2. The molecule has 2 rings (SSSR count). The second-order valence-electron chi connectivity index (χ2n) is 7.50. The van der Waals surface area contributed by atoms with Crippen molar-refractivity contribution in [1.82, 2.24) is 10.6 Å². The van der Waals surface area contributed by atoms with Crippen LogP contribution in [0.2, 0.25) is 0 Å². The van der Waals surface area contributed by atoms with Crippen molar-refractivity contribution in [2.24, 2.45) is 5.92 Å². The minimum Gasteiger partial charge on any atom is -0.426 e. The van der Waals surface area contributed by atoms with E-state index in [0.29, 0.717) is 6.42 Å². The van der Waals surface area contributed by atoms with E-state index >= 15 is 0 Å². The molecule has 0 heterocycles. The Morgan fingerprint density at radius 2 is 1.70 bits per heavy atom. The van der Waals surface area contributed by atoms with Crippen molar-refractivity contribution in [3.8, 4) is 0 Å². The molecule has 0 aliphatic rings. The Morgan fingerprint density at radius 3 is 2.30 bits per heavy atom. The quantitative estimate of drug-likeness (QED) is 0.468. The standard InChI is InChI=1S/C21H25BF2N2O4/c1-13(2)10-19(22(29)30)26-21(28)18(11-14-6-4-3-5-7-14)25-20(27)16-12-15(23)8-9-17(16)24/h3-9,12-13,18-19,29-30H,10-11H2,1-2H3,(H,25,27)(H,26,28)/t18-,19-/m0/s1. The Kier molecular flexibility index (Phi) is 8.50. The normalized spacial score (nSPS) is 12.9. The highest BCUT2D eigenvalue weighted by Crippen LogP contribution is 2.12. The van der Waals surface area contributed by atoms with Crippen LogP contribution in [0.4, 0.5) is 8.78 Å². The van der Waals surface area contributed by atoms with Gasteiger partial charge in [0.25, 0.3) is 5.91 Å². The zero-order chi connectivity index (χ0) is 22.3. The van der Waals surface area contributed by atoms with Gasteiger partial charge in [-0.05, 0) is 36.1 Å². The average Bonchev–Trinajstić information content (AvgIpc) is 2.69. The van der Waals surface area contributed by atoms with Gasteiger partial charge in [0, 0.05) is 6.42 Å². The van der Waals surface area contributed by atoms with E-state index < -0.39 is 48.1 Å². The van der Waals surface area contributed by atoms with Crippen molar-refractivity contribution in [3.05, 3.63) is 71.3 Å². The van der Waals surface area contributed by atoms with Gasteiger partial charge in [0.15, 0.2) is 0 Å². The summed E-state index contributed by atoms with van der Waals surface area (Å²) in [5.41, 5.74) is 0.199. The third-order valence-corrected chi connectivity index (χ3v) is 4.49. The van der Waals surface area contributed by atoms with E-state index in [1.54, 1.807) is 30.3 Å². The van der Waals surface area contributed by atoms with Crippen molar-refractivity contribution in [2.45, 2.75) is 38.7 Å². The maximum absolute atomic E-state index is 14.0. The Balaban J connectivity index is 2.24. The molecule has 160 valence electrons. The van der Waals surface area contributed by atoms with E-state index in [9.17, 15) is 28.4 Å². The number of hydrogen-bond donors (Lipinski definition) is 4. The van der Waals surface area contributed by atoms with Crippen LogP contribution in [0.5, 0.6) is 0 Å². The minimum atomic E-state index is -1.79. The molecule has 4 N–H and O–H groups in total. The van der Waals surface area contributed by atoms with Gasteiger partial charge in [-0.1, -0.05) is 44.2 Å². The lowest BCUT2D eigenvalue weighted by Gasteiger charge is -2.24. The average molecular weight is 418 g/mol. The summed E-state index contributed by atoms with van der Waals surface area (Å²) in [5.74, 6) is -4.20. The van der Waals surface area contributed by atoms with Gasteiger partial charge in [-0.2, -0.15) is 0 Å². The number of hydrogen-bond acceptors (Lipinski definition) is 4. The van der Waals surface area contributed by atoms with Crippen LogP contribution in [-0.4, -0.2) is 41.0 Å². The van der Waals surface area contributed by atoms with Crippen LogP contribution < -0.4 is 10.6 Å². The Labute approximate surface area is 174 Å². The summed E-state index contributed by atoms with van der Waals surface area (Å²) in [7, 11) is -1.79.